The number of nitrogens with two attached hydrogens (primary N) is 1. The lowest BCUT2D eigenvalue weighted by Crippen LogP contribution is -1.90. The van der Waals surface area contributed by atoms with Crippen LogP contribution in [0.5, 0.6) is 0 Å². The Kier molecular flexibility index (Phi) is 3.35. The summed E-state index contributed by atoms with van der Waals surface area (Å²) in [6, 6.07) is 10.3. The molecule has 3 aromatic rings. The molecule has 0 saturated carbocycles. The zero-order chi connectivity index (χ0) is 15.0. The Balaban J connectivity index is 2.24. The summed E-state index contributed by atoms with van der Waals surface area (Å²) in [5, 5.41) is 7.10. The SMILES string of the molecule is Nc1n[nH]c(-c2cc(F)cc(F)c2)c1-c1ccccc1Cl. The minimum absolute atomic E-state index is 0.211. The highest BCUT2D eigenvalue weighted by Gasteiger charge is 2.17. The molecule has 0 aliphatic heterocycles. The molecule has 0 fully saturated rings. The van der Waals surface area contributed by atoms with Crippen molar-refractivity contribution in [2.75, 3.05) is 5.73 Å². The van der Waals surface area contributed by atoms with E-state index in [0.29, 0.717) is 27.4 Å². The summed E-state index contributed by atoms with van der Waals surface area (Å²) in [5.41, 5.74) is 7.76. The first-order valence-corrected chi connectivity index (χ1v) is 6.49. The van der Waals surface area contributed by atoms with Gasteiger partial charge in [-0.3, -0.25) is 5.10 Å². The predicted octanol–water partition coefficient (Wildman–Crippen LogP) is 4.26. The van der Waals surface area contributed by atoms with E-state index in [1.807, 2.05) is 0 Å². The van der Waals surface area contributed by atoms with Gasteiger partial charge in [-0.2, -0.15) is 5.10 Å². The molecule has 2 aromatic carbocycles. The number of hydrogen-bond acceptors (Lipinski definition) is 2. The van der Waals surface area contributed by atoms with Crippen molar-refractivity contribution in [1.29, 1.82) is 0 Å². The first-order valence-electron chi connectivity index (χ1n) is 6.11. The quantitative estimate of drug-likeness (QED) is 0.743. The van der Waals surface area contributed by atoms with Gasteiger partial charge in [0.1, 0.15) is 11.6 Å². The van der Waals surface area contributed by atoms with Crippen LogP contribution in [0, 0.1) is 11.6 Å². The number of nitrogens with zero attached hydrogens (tertiary/aromatic N) is 1. The largest absolute Gasteiger partial charge is 0.382 e. The first-order chi connectivity index (χ1) is 10.1. The third kappa shape index (κ3) is 2.48. The van der Waals surface area contributed by atoms with Crippen LogP contribution in [0.1, 0.15) is 0 Å². The van der Waals surface area contributed by atoms with Crippen molar-refractivity contribution >= 4 is 17.4 Å². The number of rotatable bonds is 2. The van der Waals surface area contributed by atoms with E-state index < -0.39 is 11.6 Å². The van der Waals surface area contributed by atoms with Crippen LogP contribution in [0.25, 0.3) is 22.4 Å². The topological polar surface area (TPSA) is 54.7 Å². The van der Waals surface area contributed by atoms with Crippen LogP contribution < -0.4 is 5.73 Å². The van der Waals surface area contributed by atoms with Crippen LogP contribution in [0.3, 0.4) is 0 Å². The zero-order valence-corrected chi connectivity index (χ0v) is 11.5. The molecule has 1 aromatic heterocycles. The van der Waals surface area contributed by atoms with Crippen LogP contribution in [0.15, 0.2) is 42.5 Å². The predicted molar refractivity (Wildman–Crippen MR) is 78.8 cm³/mol. The fourth-order valence-corrected chi connectivity index (χ4v) is 2.43. The molecular formula is C15H10ClF2N3. The van der Waals surface area contributed by atoms with E-state index in [-0.39, 0.29) is 5.82 Å². The number of aromatic amines is 1. The van der Waals surface area contributed by atoms with Gasteiger partial charge >= 0.3 is 0 Å². The van der Waals surface area contributed by atoms with Gasteiger partial charge in [0.2, 0.25) is 0 Å². The lowest BCUT2D eigenvalue weighted by Gasteiger charge is -2.07. The highest BCUT2D eigenvalue weighted by atomic mass is 35.5. The third-order valence-electron chi connectivity index (χ3n) is 3.09. The number of H-pyrrole nitrogens is 1. The Morgan fingerprint density at radius 3 is 2.38 bits per heavy atom. The molecule has 3 rings (SSSR count). The Labute approximate surface area is 124 Å². The summed E-state index contributed by atoms with van der Waals surface area (Å²) in [5.74, 6) is -1.14. The van der Waals surface area contributed by atoms with Gasteiger partial charge in [-0.1, -0.05) is 29.8 Å². The molecule has 0 unspecified atom stereocenters. The van der Waals surface area contributed by atoms with E-state index >= 15 is 0 Å². The van der Waals surface area contributed by atoms with Gasteiger partial charge in [0.25, 0.3) is 0 Å². The summed E-state index contributed by atoms with van der Waals surface area (Å²) in [6.45, 7) is 0. The second-order valence-corrected chi connectivity index (χ2v) is 4.90. The van der Waals surface area contributed by atoms with E-state index in [4.69, 9.17) is 17.3 Å². The number of aromatic nitrogens is 2. The number of hydrogen-bond donors (Lipinski definition) is 2. The normalized spacial score (nSPS) is 10.8. The van der Waals surface area contributed by atoms with Crippen LogP contribution in [0.4, 0.5) is 14.6 Å². The zero-order valence-electron chi connectivity index (χ0n) is 10.7. The summed E-state index contributed by atoms with van der Waals surface area (Å²) in [6.07, 6.45) is 0. The third-order valence-corrected chi connectivity index (χ3v) is 3.42. The Morgan fingerprint density at radius 1 is 1.05 bits per heavy atom. The molecule has 0 spiro atoms. The lowest BCUT2D eigenvalue weighted by molar-refractivity contribution is 0.584. The number of halogens is 3. The Hall–Kier alpha value is -2.40. The molecule has 21 heavy (non-hydrogen) atoms. The van der Waals surface area contributed by atoms with Gasteiger partial charge in [-0.15, -0.1) is 0 Å². The molecule has 6 heteroatoms. The second kappa shape index (κ2) is 5.18. The first kappa shape index (κ1) is 13.6. The van der Waals surface area contributed by atoms with Crippen LogP contribution in [-0.4, -0.2) is 10.2 Å². The molecular weight excluding hydrogens is 296 g/mol. The standard InChI is InChI=1S/C15H10ClF2N3/c16-12-4-2-1-3-11(12)13-14(20-21-15(13)19)8-5-9(17)7-10(18)6-8/h1-7H,(H3,19,20,21). The number of nitrogen functional groups attached to an aromatic ring is 1. The monoisotopic (exact) mass is 305 g/mol. The van der Waals surface area contributed by atoms with Crippen molar-refractivity contribution in [3.63, 3.8) is 0 Å². The van der Waals surface area contributed by atoms with Gasteiger partial charge in [0.05, 0.1) is 11.3 Å². The highest BCUT2D eigenvalue weighted by molar-refractivity contribution is 6.33. The smallest absolute Gasteiger partial charge is 0.153 e. The summed E-state index contributed by atoms with van der Waals surface area (Å²) < 4.78 is 26.8. The van der Waals surface area contributed by atoms with Gasteiger partial charge in [-0.05, 0) is 18.2 Å². The van der Waals surface area contributed by atoms with E-state index in [9.17, 15) is 8.78 Å². The molecule has 0 aliphatic rings. The van der Waals surface area contributed by atoms with Gasteiger partial charge in [-0.25, -0.2) is 8.78 Å². The lowest BCUT2D eigenvalue weighted by atomic mass is 10.0. The van der Waals surface area contributed by atoms with E-state index in [1.54, 1.807) is 24.3 Å². The van der Waals surface area contributed by atoms with Crippen molar-refractivity contribution in [3.8, 4) is 22.4 Å². The minimum Gasteiger partial charge on any atom is -0.382 e. The molecule has 1 heterocycles. The van der Waals surface area contributed by atoms with Crippen LogP contribution in [0.2, 0.25) is 5.02 Å². The van der Waals surface area contributed by atoms with Crippen molar-refractivity contribution in [2.24, 2.45) is 0 Å². The molecule has 0 saturated heterocycles. The van der Waals surface area contributed by atoms with Gasteiger partial charge in [0.15, 0.2) is 5.82 Å². The molecule has 0 radical (unpaired) electrons. The Bertz CT molecular complexity index is 794. The van der Waals surface area contributed by atoms with E-state index in [2.05, 4.69) is 10.2 Å². The number of nitrogens with one attached hydrogen (secondary N) is 1. The van der Waals surface area contributed by atoms with E-state index in [1.165, 1.54) is 12.1 Å². The summed E-state index contributed by atoms with van der Waals surface area (Å²) in [4.78, 5) is 0. The highest BCUT2D eigenvalue weighted by Crippen LogP contribution is 2.38. The molecule has 0 bridgehead atoms. The maximum Gasteiger partial charge on any atom is 0.153 e. The van der Waals surface area contributed by atoms with Crippen LogP contribution >= 0.6 is 11.6 Å². The number of anilines is 1. The molecule has 0 atom stereocenters. The maximum atomic E-state index is 13.4. The van der Waals surface area contributed by atoms with Gasteiger partial charge in [0, 0.05) is 22.2 Å². The summed E-state index contributed by atoms with van der Waals surface area (Å²) >= 11 is 6.16. The number of benzene rings is 2. The van der Waals surface area contributed by atoms with Crippen molar-refractivity contribution in [3.05, 3.63) is 59.1 Å². The van der Waals surface area contributed by atoms with Crippen molar-refractivity contribution in [1.82, 2.24) is 10.2 Å². The van der Waals surface area contributed by atoms with Crippen LogP contribution in [-0.2, 0) is 0 Å². The average Bonchev–Trinajstić information content (AvgIpc) is 2.80. The van der Waals surface area contributed by atoms with Gasteiger partial charge < -0.3 is 5.73 Å². The maximum absolute atomic E-state index is 13.4. The molecule has 3 N–H and O–H groups in total. The summed E-state index contributed by atoms with van der Waals surface area (Å²) in [7, 11) is 0. The minimum atomic E-state index is -0.678. The molecule has 0 amide bonds. The fraction of sp³-hybridized carbons (Fsp3) is 0. The van der Waals surface area contributed by atoms with Crippen molar-refractivity contribution < 1.29 is 8.78 Å². The molecule has 3 nitrogen and oxygen atoms in total. The van der Waals surface area contributed by atoms with Crippen molar-refractivity contribution in [2.45, 2.75) is 0 Å². The second-order valence-electron chi connectivity index (χ2n) is 4.50. The fourth-order valence-electron chi connectivity index (χ4n) is 2.20. The van der Waals surface area contributed by atoms with E-state index in [0.717, 1.165) is 6.07 Å². The Morgan fingerprint density at radius 2 is 1.71 bits per heavy atom. The molecule has 0 aliphatic carbocycles. The molecule has 106 valence electrons. The average molecular weight is 306 g/mol.